The number of nitro groups is 1. The molecule has 3 rings (SSSR count). The zero-order valence-electron chi connectivity index (χ0n) is 11.7. The molecular weight excluding hydrogens is 254 g/mol. The molecule has 20 heavy (non-hydrogen) atoms. The number of rotatable bonds is 3. The lowest BCUT2D eigenvalue weighted by atomic mass is 10.1. The fourth-order valence-electron chi connectivity index (χ4n) is 3.05. The number of hydrogen-bond acceptors (Lipinski definition) is 3. The minimum Gasteiger partial charge on any atom is -0.350 e. The van der Waals surface area contributed by atoms with Crippen LogP contribution in [0, 0.1) is 10.1 Å². The van der Waals surface area contributed by atoms with Crippen molar-refractivity contribution in [2.75, 3.05) is 13.1 Å². The number of non-ortho nitro benzene ring substituents is 1. The second kappa shape index (κ2) is 5.25. The van der Waals surface area contributed by atoms with E-state index in [0.717, 1.165) is 30.5 Å². The summed E-state index contributed by atoms with van der Waals surface area (Å²) >= 11 is 0. The van der Waals surface area contributed by atoms with Gasteiger partial charge >= 0.3 is 0 Å². The molecule has 5 heteroatoms. The van der Waals surface area contributed by atoms with E-state index < -0.39 is 0 Å². The number of piperidine rings is 1. The van der Waals surface area contributed by atoms with Gasteiger partial charge in [-0.1, -0.05) is 6.42 Å². The lowest BCUT2D eigenvalue weighted by Crippen LogP contribution is -2.28. The molecule has 0 N–H and O–H groups in total. The minimum absolute atomic E-state index is 0.156. The summed E-state index contributed by atoms with van der Waals surface area (Å²) in [5, 5.41) is 12.0. The number of nitro benzene ring substituents is 1. The Morgan fingerprint density at radius 2 is 2.00 bits per heavy atom. The van der Waals surface area contributed by atoms with Gasteiger partial charge in [-0.3, -0.25) is 15.0 Å². The van der Waals surface area contributed by atoms with E-state index in [1.165, 1.54) is 24.8 Å². The quantitative estimate of drug-likeness (QED) is 0.638. The molecule has 0 atom stereocenters. The van der Waals surface area contributed by atoms with E-state index in [1.807, 2.05) is 17.7 Å². The summed E-state index contributed by atoms with van der Waals surface area (Å²) in [6.45, 7) is 3.25. The van der Waals surface area contributed by atoms with Crippen LogP contribution in [0.1, 0.15) is 24.8 Å². The Morgan fingerprint density at radius 1 is 1.25 bits per heavy atom. The average molecular weight is 273 g/mol. The van der Waals surface area contributed by atoms with Gasteiger partial charge in [-0.2, -0.15) is 0 Å². The van der Waals surface area contributed by atoms with E-state index >= 15 is 0 Å². The van der Waals surface area contributed by atoms with Gasteiger partial charge in [-0.15, -0.1) is 0 Å². The lowest BCUT2D eigenvalue weighted by Gasteiger charge is -2.26. The van der Waals surface area contributed by atoms with Gasteiger partial charge in [-0.25, -0.2) is 0 Å². The van der Waals surface area contributed by atoms with Crippen LogP contribution in [0.25, 0.3) is 10.9 Å². The molecule has 0 unspecified atom stereocenters. The molecule has 1 saturated heterocycles. The van der Waals surface area contributed by atoms with Gasteiger partial charge < -0.3 is 4.57 Å². The first kappa shape index (κ1) is 13.1. The number of hydrogen-bond donors (Lipinski definition) is 0. The second-order valence-electron chi connectivity index (χ2n) is 5.56. The third-order valence-electron chi connectivity index (χ3n) is 4.11. The smallest absolute Gasteiger partial charge is 0.271 e. The summed E-state index contributed by atoms with van der Waals surface area (Å²) in [5.41, 5.74) is 2.36. The Balaban J connectivity index is 1.93. The highest BCUT2D eigenvalue weighted by Crippen LogP contribution is 2.26. The van der Waals surface area contributed by atoms with Crippen molar-refractivity contribution in [3.8, 4) is 0 Å². The van der Waals surface area contributed by atoms with Crippen molar-refractivity contribution in [3.05, 3.63) is 40.1 Å². The van der Waals surface area contributed by atoms with Gasteiger partial charge in [-0.05, 0) is 37.6 Å². The molecule has 1 aliphatic rings. The Hall–Kier alpha value is -1.88. The molecule has 2 heterocycles. The van der Waals surface area contributed by atoms with Gasteiger partial charge in [0.2, 0.25) is 0 Å². The molecular formula is C15H19N3O2. The molecule has 106 valence electrons. The minimum atomic E-state index is -0.337. The molecule has 0 spiro atoms. The highest BCUT2D eigenvalue weighted by atomic mass is 16.6. The zero-order chi connectivity index (χ0) is 14.1. The maximum Gasteiger partial charge on any atom is 0.271 e. The van der Waals surface area contributed by atoms with Crippen molar-refractivity contribution >= 4 is 16.6 Å². The van der Waals surface area contributed by atoms with Crippen LogP contribution in [-0.2, 0) is 13.6 Å². The number of nitrogens with zero attached hydrogens (tertiary/aromatic N) is 3. The average Bonchev–Trinajstić information content (AvgIpc) is 2.76. The largest absolute Gasteiger partial charge is 0.350 e. The van der Waals surface area contributed by atoms with Crippen LogP contribution in [0.15, 0.2) is 24.4 Å². The van der Waals surface area contributed by atoms with Crippen molar-refractivity contribution < 1.29 is 4.92 Å². The van der Waals surface area contributed by atoms with Crippen molar-refractivity contribution in [1.82, 2.24) is 9.47 Å². The predicted molar refractivity (Wildman–Crippen MR) is 78.7 cm³/mol. The molecule has 1 fully saturated rings. The lowest BCUT2D eigenvalue weighted by molar-refractivity contribution is -0.384. The standard InChI is InChI=1S/C15H19N3O2/c1-16-10-12(11-17-7-3-2-4-8-17)14-6-5-13(18(19)20)9-15(14)16/h5-6,9-10H,2-4,7-8,11H2,1H3. The first-order valence-electron chi connectivity index (χ1n) is 7.10. The van der Waals surface area contributed by atoms with Crippen LogP contribution < -0.4 is 0 Å². The molecule has 0 radical (unpaired) electrons. The molecule has 0 saturated carbocycles. The highest BCUT2D eigenvalue weighted by molar-refractivity contribution is 5.85. The van der Waals surface area contributed by atoms with Crippen LogP contribution in [0.2, 0.25) is 0 Å². The SMILES string of the molecule is Cn1cc(CN2CCCCC2)c2ccc([N+](=O)[O-])cc21. The summed E-state index contributed by atoms with van der Waals surface area (Å²) in [5.74, 6) is 0. The van der Waals surface area contributed by atoms with Crippen LogP contribution >= 0.6 is 0 Å². The third kappa shape index (κ3) is 2.41. The Kier molecular flexibility index (Phi) is 3.44. The van der Waals surface area contributed by atoms with Crippen molar-refractivity contribution in [1.29, 1.82) is 0 Å². The monoisotopic (exact) mass is 273 g/mol. The summed E-state index contributed by atoms with van der Waals surface area (Å²) < 4.78 is 1.99. The first-order chi connectivity index (χ1) is 9.65. The Bertz CT molecular complexity index is 642. The van der Waals surface area contributed by atoms with E-state index in [1.54, 1.807) is 12.1 Å². The maximum atomic E-state index is 10.9. The molecule has 0 bridgehead atoms. The highest BCUT2D eigenvalue weighted by Gasteiger charge is 2.15. The third-order valence-corrected chi connectivity index (χ3v) is 4.11. The van der Waals surface area contributed by atoms with Crippen molar-refractivity contribution in [2.45, 2.75) is 25.8 Å². The number of aryl methyl sites for hydroxylation is 1. The second-order valence-corrected chi connectivity index (χ2v) is 5.56. The van der Waals surface area contributed by atoms with E-state index in [9.17, 15) is 10.1 Å². The molecule has 1 aromatic carbocycles. The summed E-state index contributed by atoms with van der Waals surface area (Å²) in [6, 6.07) is 5.14. The van der Waals surface area contributed by atoms with Gasteiger partial charge in [0, 0.05) is 37.3 Å². The van der Waals surface area contributed by atoms with Crippen LogP contribution in [0.4, 0.5) is 5.69 Å². The normalized spacial score (nSPS) is 16.6. The van der Waals surface area contributed by atoms with E-state index in [0.29, 0.717) is 0 Å². The Labute approximate surface area is 117 Å². The fourth-order valence-corrected chi connectivity index (χ4v) is 3.05. The Morgan fingerprint density at radius 3 is 2.70 bits per heavy atom. The van der Waals surface area contributed by atoms with Crippen LogP contribution in [0.5, 0.6) is 0 Å². The number of likely N-dealkylation sites (tertiary alicyclic amines) is 1. The number of fused-ring (bicyclic) bond motifs is 1. The van der Waals surface area contributed by atoms with Crippen molar-refractivity contribution in [3.63, 3.8) is 0 Å². The zero-order valence-corrected chi connectivity index (χ0v) is 11.7. The van der Waals surface area contributed by atoms with E-state index in [4.69, 9.17) is 0 Å². The van der Waals surface area contributed by atoms with Gasteiger partial charge in [0.25, 0.3) is 5.69 Å². The molecule has 1 aromatic heterocycles. The molecule has 0 amide bonds. The van der Waals surface area contributed by atoms with Gasteiger partial charge in [0.05, 0.1) is 10.4 Å². The maximum absolute atomic E-state index is 10.9. The number of benzene rings is 1. The first-order valence-corrected chi connectivity index (χ1v) is 7.10. The van der Waals surface area contributed by atoms with Crippen LogP contribution in [-0.4, -0.2) is 27.5 Å². The predicted octanol–water partition coefficient (Wildman–Crippen LogP) is 3.07. The van der Waals surface area contributed by atoms with Crippen molar-refractivity contribution in [2.24, 2.45) is 7.05 Å². The number of aromatic nitrogens is 1. The summed E-state index contributed by atoms with van der Waals surface area (Å²) in [7, 11) is 1.95. The topological polar surface area (TPSA) is 51.3 Å². The van der Waals surface area contributed by atoms with E-state index in [2.05, 4.69) is 11.1 Å². The summed E-state index contributed by atoms with van der Waals surface area (Å²) in [6.07, 6.45) is 5.98. The van der Waals surface area contributed by atoms with E-state index in [-0.39, 0.29) is 10.6 Å². The van der Waals surface area contributed by atoms with Gasteiger partial charge in [0.15, 0.2) is 0 Å². The van der Waals surface area contributed by atoms with Gasteiger partial charge in [0.1, 0.15) is 0 Å². The summed E-state index contributed by atoms with van der Waals surface area (Å²) in [4.78, 5) is 13.0. The molecule has 0 aliphatic carbocycles. The molecule has 2 aromatic rings. The molecule has 5 nitrogen and oxygen atoms in total. The molecule has 1 aliphatic heterocycles. The fraction of sp³-hybridized carbons (Fsp3) is 0.467. The van der Waals surface area contributed by atoms with Crippen LogP contribution in [0.3, 0.4) is 0 Å².